The summed E-state index contributed by atoms with van der Waals surface area (Å²) in [6, 6.07) is 4.26. The fourth-order valence-electron chi connectivity index (χ4n) is 1.90. The maximum absolute atomic E-state index is 11.8. The Morgan fingerprint density at radius 3 is 3.14 bits per heavy atom. The van der Waals surface area contributed by atoms with Crippen LogP contribution in [0.25, 0.3) is 12.2 Å². The van der Waals surface area contributed by atoms with E-state index in [-0.39, 0.29) is 11.9 Å². The number of hydrogen-bond acceptors (Lipinski definition) is 5. The first-order chi connectivity index (χ1) is 10.7. The molecule has 0 aliphatic heterocycles. The lowest BCUT2D eigenvalue weighted by Crippen LogP contribution is -2.33. The quantitative estimate of drug-likeness (QED) is 0.725. The molecule has 0 aliphatic carbocycles. The van der Waals surface area contributed by atoms with Crippen molar-refractivity contribution < 1.29 is 4.79 Å². The first kappa shape index (κ1) is 16.8. The third-order valence-electron chi connectivity index (χ3n) is 2.89. The van der Waals surface area contributed by atoms with Crippen LogP contribution in [-0.2, 0) is 4.79 Å². The Labute approximate surface area is 138 Å². The second-order valence-corrected chi connectivity index (χ2v) is 6.82. The van der Waals surface area contributed by atoms with Crippen molar-refractivity contribution in [3.8, 4) is 0 Å². The highest BCUT2D eigenvalue weighted by Crippen LogP contribution is 2.15. The molecule has 0 saturated carbocycles. The summed E-state index contributed by atoms with van der Waals surface area (Å²) in [4.78, 5) is 17.3. The molecule has 2 rings (SSSR count). The molecule has 2 N–H and O–H groups in total. The summed E-state index contributed by atoms with van der Waals surface area (Å²) in [5.74, 6) is 1.04. The summed E-state index contributed by atoms with van der Waals surface area (Å²) in [6.45, 7) is 4.13. The topological polar surface area (TPSA) is 70.7 Å². The third kappa shape index (κ3) is 5.65. The van der Waals surface area contributed by atoms with E-state index in [0.29, 0.717) is 16.7 Å². The van der Waals surface area contributed by atoms with Crippen LogP contribution in [0.4, 0.5) is 0 Å². The van der Waals surface area contributed by atoms with Crippen molar-refractivity contribution >= 4 is 41.2 Å². The molecule has 0 fully saturated rings. The predicted octanol–water partition coefficient (Wildman–Crippen LogP) is 3.43. The van der Waals surface area contributed by atoms with E-state index in [1.165, 1.54) is 11.8 Å². The van der Waals surface area contributed by atoms with Gasteiger partial charge in [-0.05, 0) is 36.9 Å². The monoisotopic (exact) mass is 336 g/mol. The van der Waals surface area contributed by atoms with E-state index in [0.717, 1.165) is 17.7 Å². The zero-order chi connectivity index (χ0) is 15.8. The van der Waals surface area contributed by atoms with Crippen LogP contribution in [0.5, 0.6) is 0 Å². The third-order valence-corrected chi connectivity index (χ3v) is 4.58. The van der Waals surface area contributed by atoms with Gasteiger partial charge in [-0.2, -0.15) is 0 Å². The highest BCUT2D eigenvalue weighted by molar-refractivity contribution is 7.99. The zero-order valence-corrected chi connectivity index (χ0v) is 14.3. The number of nitrogens with zero attached hydrogens (tertiary/aromatic N) is 2. The van der Waals surface area contributed by atoms with Gasteiger partial charge in [-0.1, -0.05) is 31.2 Å². The molecule has 0 aromatic carbocycles. The number of aromatic nitrogens is 3. The second-order valence-electron chi connectivity index (χ2n) is 4.90. The maximum atomic E-state index is 11.8. The maximum Gasteiger partial charge on any atom is 0.230 e. The Hall–Kier alpha value is -1.60. The number of thioether (sulfide) groups is 1. The van der Waals surface area contributed by atoms with E-state index < -0.39 is 0 Å². The predicted molar refractivity (Wildman–Crippen MR) is 92.9 cm³/mol. The van der Waals surface area contributed by atoms with E-state index in [2.05, 4.69) is 27.4 Å². The molecular weight excluding hydrogens is 316 g/mol. The number of carbonyl (C=O) groups is 1. The molecule has 2 aromatic rings. The van der Waals surface area contributed by atoms with Crippen molar-refractivity contribution in [3.05, 3.63) is 28.2 Å². The fourth-order valence-corrected chi connectivity index (χ4v) is 3.13. The molecule has 0 aliphatic rings. The van der Waals surface area contributed by atoms with E-state index in [9.17, 15) is 4.79 Å². The van der Waals surface area contributed by atoms with Gasteiger partial charge in [-0.25, -0.2) is 4.98 Å². The Morgan fingerprint density at radius 1 is 1.55 bits per heavy atom. The van der Waals surface area contributed by atoms with Gasteiger partial charge in [-0.3, -0.25) is 9.89 Å². The van der Waals surface area contributed by atoms with Crippen molar-refractivity contribution in [2.75, 3.05) is 5.75 Å². The largest absolute Gasteiger partial charge is 0.353 e. The molecule has 0 bridgehead atoms. The van der Waals surface area contributed by atoms with Crippen LogP contribution in [-0.4, -0.2) is 32.9 Å². The number of thiophene rings is 1. The number of amides is 1. The van der Waals surface area contributed by atoms with E-state index in [1.807, 2.05) is 36.6 Å². The normalized spacial score (nSPS) is 12.6. The summed E-state index contributed by atoms with van der Waals surface area (Å²) in [6.07, 6.45) is 5.93. The van der Waals surface area contributed by atoms with E-state index in [1.54, 1.807) is 11.3 Å². The lowest BCUT2D eigenvalue weighted by Gasteiger charge is -2.11. The van der Waals surface area contributed by atoms with E-state index in [4.69, 9.17) is 0 Å². The number of hydrogen-bond donors (Lipinski definition) is 2. The SMILES string of the molecule is CCCC(C)NC(=O)CSc1n[nH]c(/C=C/c2cccs2)n1. The van der Waals surface area contributed by atoms with Crippen LogP contribution < -0.4 is 5.32 Å². The molecule has 0 spiro atoms. The highest BCUT2D eigenvalue weighted by Gasteiger charge is 2.09. The van der Waals surface area contributed by atoms with Gasteiger partial charge in [0.2, 0.25) is 11.1 Å². The zero-order valence-electron chi connectivity index (χ0n) is 12.7. The minimum Gasteiger partial charge on any atom is -0.353 e. The summed E-state index contributed by atoms with van der Waals surface area (Å²) in [5, 5.41) is 12.5. The second kappa shape index (κ2) is 8.75. The summed E-state index contributed by atoms with van der Waals surface area (Å²) in [7, 11) is 0. The molecule has 2 heterocycles. The van der Waals surface area contributed by atoms with Crippen molar-refractivity contribution in [2.45, 2.75) is 37.9 Å². The Bertz CT molecular complexity index is 607. The molecule has 2 aromatic heterocycles. The van der Waals surface area contributed by atoms with Crippen molar-refractivity contribution in [3.63, 3.8) is 0 Å². The molecule has 118 valence electrons. The smallest absolute Gasteiger partial charge is 0.230 e. The van der Waals surface area contributed by atoms with Gasteiger partial charge >= 0.3 is 0 Å². The minimum absolute atomic E-state index is 0.0198. The molecule has 22 heavy (non-hydrogen) atoms. The van der Waals surface area contributed by atoms with Crippen LogP contribution in [0.15, 0.2) is 22.7 Å². The molecule has 7 heteroatoms. The molecule has 5 nitrogen and oxygen atoms in total. The minimum atomic E-state index is 0.0198. The lowest BCUT2D eigenvalue weighted by atomic mass is 10.2. The van der Waals surface area contributed by atoms with Gasteiger partial charge in [0, 0.05) is 10.9 Å². The Kier molecular flexibility index (Phi) is 6.67. The standard InChI is InChI=1S/C15H20N4OS2/c1-3-5-11(2)16-14(20)10-22-15-17-13(18-19-15)8-7-12-6-4-9-21-12/h4,6-9,11H,3,5,10H2,1-2H3,(H,16,20)(H,17,18,19)/b8-7+. The molecule has 0 saturated heterocycles. The lowest BCUT2D eigenvalue weighted by molar-refractivity contribution is -0.119. The van der Waals surface area contributed by atoms with Gasteiger partial charge in [-0.15, -0.1) is 16.4 Å². The van der Waals surface area contributed by atoms with Crippen molar-refractivity contribution in [2.24, 2.45) is 0 Å². The van der Waals surface area contributed by atoms with Crippen molar-refractivity contribution in [1.82, 2.24) is 20.5 Å². The van der Waals surface area contributed by atoms with Crippen LogP contribution in [0.3, 0.4) is 0 Å². The van der Waals surface area contributed by atoms with Gasteiger partial charge in [0.25, 0.3) is 0 Å². The number of aromatic amines is 1. The highest BCUT2D eigenvalue weighted by atomic mass is 32.2. The van der Waals surface area contributed by atoms with Crippen LogP contribution in [0, 0.1) is 0 Å². The number of rotatable bonds is 8. The molecule has 1 atom stereocenters. The number of carbonyl (C=O) groups excluding carboxylic acids is 1. The van der Waals surface area contributed by atoms with Gasteiger partial charge in [0.15, 0.2) is 0 Å². The summed E-state index contributed by atoms with van der Waals surface area (Å²) >= 11 is 3.00. The first-order valence-electron chi connectivity index (χ1n) is 7.23. The van der Waals surface area contributed by atoms with Gasteiger partial charge < -0.3 is 5.32 Å². The van der Waals surface area contributed by atoms with E-state index >= 15 is 0 Å². The summed E-state index contributed by atoms with van der Waals surface area (Å²) < 4.78 is 0. The average Bonchev–Trinajstić information content (AvgIpc) is 3.15. The summed E-state index contributed by atoms with van der Waals surface area (Å²) in [5.41, 5.74) is 0. The first-order valence-corrected chi connectivity index (χ1v) is 9.10. The Morgan fingerprint density at radius 2 is 2.41 bits per heavy atom. The van der Waals surface area contributed by atoms with Crippen LogP contribution in [0.2, 0.25) is 0 Å². The average molecular weight is 336 g/mol. The molecule has 0 radical (unpaired) electrons. The molecular formula is C15H20N4OS2. The number of H-pyrrole nitrogens is 1. The Balaban J connectivity index is 1.78. The molecule has 1 unspecified atom stereocenters. The van der Waals surface area contributed by atoms with Crippen LogP contribution in [0.1, 0.15) is 37.4 Å². The van der Waals surface area contributed by atoms with Crippen molar-refractivity contribution in [1.29, 1.82) is 0 Å². The van der Waals surface area contributed by atoms with Gasteiger partial charge in [0.1, 0.15) is 5.82 Å². The number of nitrogens with one attached hydrogen (secondary N) is 2. The fraction of sp³-hybridized carbons (Fsp3) is 0.400. The van der Waals surface area contributed by atoms with Gasteiger partial charge in [0.05, 0.1) is 5.75 Å². The molecule has 1 amide bonds. The van der Waals surface area contributed by atoms with Crippen LogP contribution >= 0.6 is 23.1 Å².